The molecular weight excluding hydrogens is 400 g/mol. The molecule has 0 saturated carbocycles. The Labute approximate surface area is 159 Å². The van der Waals surface area contributed by atoms with Gasteiger partial charge in [-0.25, -0.2) is 0 Å². The number of nitrogens with two attached hydrogens (primary N) is 1. The van der Waals surface area contributed by atoms with E-state index < -0.39 is 12.0 Å². The highest BCUT2D eigenvalue weighted by Crippen LogP contribution is 2.25. The number of aromatic nitrogens is 1. The van der Waals surface area contributed by atoms with E-state index in [0.717, 1.165) is 21.7 Å². The van der Waals surface area contributed by atoms with Crippen LogP contribution in [0.2, 0.25) is 0 Å². The highest BCUT2D eigenvalue weighted by molar-refractivity contribution is 9.10. The van der Waals surface area contributed by atoms with Gasteiger partial charge in [0.05, 0.1) is 5.52 Å². The fraction of sp³-hybridized carbons (Fsp3) is 0.211. The van der Waals surface area contributed by atoms with Crippen LogP contribution in [0.1, 0.15) is 12.0 Å². The number of halogens is 1. The van der Waals surface area contributed by atoms with Crippen molar-refractivity contribution in [2.24, 2.45) is 5.73 Å². The molecule has 130 valence electrons. The highest BCUT2D eigenvalue weighted by Gasteiger charge is 2.10. The van der Waals surface area contributed by atoms with Crippen molar-refractivity contribution in [2.45, 2.75) is 18.2 Å². The lowest BCUT2D eigenvalue weighted by Crippen LogP contribution is -2.30. The Balaban J connectivity index is 1.70. The molecule has 3 aromatic rings. The molecule has 0 saturated heterocycles. The average molecular weight is 419 g/mol. The maximum Gasteiger partial charge on any atom is 0.320 e. The zero-order chi connectivity index (χ0) is 17.8. The van der Waals surface area contributed by atoms with Gasteiger partial charge < -0.3 is 15.4 Å². The molecule has 0 aliphatic heterocycles. The molecule has 0 unspecified atom stereocenters. The number of hydrogen-bond acceptors (Lipinski definition) is 3. The molecule has 0 spiro atoms. The molecule has 3 rings (SSSR count). The summed E-state index contributed by atoms with van der Waals surface area (Å²) >= 11 is 5.21. The molecule has 3 N–H and O–H groups in total. The molecule has 0 fully saturated rings. The summed E-state index contributed by atoms with van der Waals surface area (Å²) < 4.78 is 3.25. The Morgan fingerprint density at radius 2 is 2.08 bits per heavy atom. The number of thioether (sulfide) groups is 1. The molecule has 0 radical (unpaired) electrons. The van der Waals surface area contributed by atoms with Crippen molar-refractivity contribution >= 4 is 44.6 Å². The van der Waals surface area contributed by atoms with E-state index in [1.165, 1.54) is 16.5 Å². The second kappa shape index (κ2) is 8.08. The van der Waals surface area contributed by atoms with Crippen molar-refractivity contribution in [3.63, 3.8) is 0 Å². The van der Waals surface area contributed by atoms with E-state index in [9.17, 15) is 4.79 Å². The van der Waals surface area contributed by atoms with E-state index in [2.05, 4.69) is 69.2 Å². The van der Waals surface area contributed by atoms with Crippen LogP contribution in [0, 0.1) is 0 Å². The Bertz CT molecular complexity index is 894. The van der Waals surface area contributed by atoms with Crippen LogP contribution in [0.25, 0.3) is 16.6 Å². The van der Waals surface area contributed by atoms with Gasteiger partial charge in [-0.15, -0.1) is 0 Å². The number of fused-ring (bicyclic) bond motifs is 1. The van der Waals surface area contributed by atoms with Crippen LogP contribution < -0.4 is 5.73 Å². The number of nitrogens with zero attached hydrogens (tertiary/aromatic N) is 1. The molecule has 0 aliphatic rings. The lowest BCUT2D eigenvalue weighted by molar-refractivity contribution is -0.138. The monoisotopic (exact) mass is 418 g/mol. The second-order valence-electron chi connectivity index (χ2n) is 5.84. The number of aliphatic carboxylic acids is 1. The second-order valence-corrected chi connectivity index (χ2v) is 7.87. The molecule has 6 heteroatoms. The van der Waals surface area contributed by atoms with E-state index in [1.54, 1.807) is 11.8 Å². The van der Waals surface area contributed by atoms with Crippen LogP contribution in [-0.2, 0) is 10.5 Å². The SMILES string of the molecule is N[C@@H](CCSCc1cccc(-n2ccc3cc(Br)ccc32)c1)C(=O)O. The molecule has 0 bridgehead atoms. The average Bonchev–Trinajstić information content (AvgIpc) is 3.01. The van der Waals surface area contributed by atoms with Crippen molar-refractivity contribution in [3.05, 3.63) is 64.8 Å². The van der Waals surface area contributed by atoms with E-state index in [0.29, 0.717) is 6.42 Å². The lowest BCUT2D eigenvalue weighted by Gasteiger charge is -2.09. The molecule has 2 aromatic carbocycles. The summed E-state index contributed by atoms with van der Waals surface area (Å²) in [6, 6.07) is 16.0. The number of rotatable bonds is 7. The van der Waals surface area contributed by atoms with Crippen molar-refractivity contribution < 1.29 is 9.90 Å². The minimum Gasteiger partial charge on any atom is -0.480 e. The lowest BCUT2D eigenvalue weighted by atomic mass is 10.2. The molecule has 0 aliphatic carbocycles. The molecule has 1 atom stereocenters. The van der Waals surface area contributed by atoms with Gasteiger partial charge in [0.1, 0.15) is 6.04 Å². The first-order chi connectivity index (χ1) is 12.0. The van der Waals surface area contributed by atoms with E-state index in [-0.39, 0.29) is 0 Å². The third kappa shape index (κ3) is 4.45. The maximum atomic E-state index is 10.7. The van der Waals surface area contributed by atoms with Gasteiger partial charge in [-0.2, -0.15) is 11.8 Å². The topological polar surface area (TPSA) is 68.2 Å². The Hall–Kier alpha value is -1.76. The maximum absolute atomic E-state index is 10.7. The Morgan fingerprint density at radius 1 is 1.24 bits per heavy atom. The van der Waals surface area contributed by atoms with E-state index in [4.69, 9.17) is 10.8 Å². The molecular formula is C19H19BrN2O2S. The van der Waals surface area contributed by atoms with E-state index >= 15 is 0 Å². The first-order valence-electron chi connectivity index (χ1n) is 7.96. The third-order valence-electron chi connectivity index (χ3n) is 4.00. The van der Waals surface area contributed by atoms with Gasteiger partial charge in [0.15, 0.2) is 0 Å². The zero-order valence-corrected chi connectivity index (χ0v) is 16.0. The third-order valence-corrected chi connectivity index (χ3v) is 5.56. The smallest absolute Gasteiger partial charge is 0.320 e. The van der Waals surface area contributed by atoms with Crippen LogP contribution in [0.5, 0.6) is 0 Å². The molecule has 1 aromatic heterocycles. The normalized spacial score (nSPS) is 12.4. The van der Waals surface area contributed by atoms with Gasteiger partial charge in [0.2, 0.25) is 0 Å². The first-order valence-corrected chi connectivity index (χ1v) is 9.91. The Morgan fingerprint density at radius 3 is 2.88 bits per heavy atom. The van der Waals surface area contributed by atoms with Gasteiger partial charge >= 0.3 is 5.97 Å². The standard InChI is InChI=1S/C19H19BrN2O2S/c20-15-4-5-18-14(11-15)6-8-22(18)16-3-1-2-13(10-16)12-25-9-7-17(21)19(23)24/h1-6,8,10-11,17H,7,9,12,21H2,(H,23,24)/t17-/m0/s1. The quantitative estimate of drug-likeness (QED) is 0.556. The molecule has 0 amide bonds. The van der Waals surface area contributed by atoms with Gasteiger partial charge in [-0.05, 0) is 54.1 Å². The molecule has 25 heavy (non-hydrogen) atoms. The van der Waals surface area contributed by atoms with Crippen LogP contribution >= 0.6 is 27.7 Å². The van der Waals surface area contributed by atoms with Crippen LogP contribution in [0.15, 0.2) is 59.2 Å². The molecule has 4 nitrogen and oxygen atoms in total. The number of carboxylic acids is 1. The molecule has 1 heterocycles. The van der Waals surface area contributed by atoms with Crippen LogP contribution in [-0.4, -0.2) is 27.4 Å². The minimum atomic E-state index is -0.936. The van der Waals surface area contributed by atoms with Crippen LogP contribution in [0.3, 0.4) is 0 Å². The van der Waals surface area contributed by atoms with Crippen molar-refractivity contribution in [3.8, 4) is 5.69 Å². The van der Waals surface area contributed by atoms with Crippen molar-refractivity contribution in [1.29, 1.82) is 0 Å². The summed E-state index contributed by atoms with van der Waals surface area (Å²) in [5.41, 5.74) is 9.03. The fourth-order valence-electron chi connectivity index (χ4n) is 2.66. The summed E-state index contributed by atoms with van der Waals surface area (Å²) in [7, 11) is 0. The number of hydrogen-bond donors (Lipinski definition) is 2. The van der Waals surface area contributed by atoms with E-state index in [1.807, 2.05) is 6.07 Å². The van der Waals surface area contributed by atoms with Gasteiger partial charge in [0, 0.05) is 27.5 Å². The van der Waals surface area contributed by atoms with Gasteiger partial charge in [0.25, 0.3) is 0 Å². The predicted octanol–water partition coefficient (Wildman–Crippen LogP) is 4.43. The van der Waals surface area contributed by atoms with Crippen molar-refractivity contribution in [1.82, 2.24) is 4.57 Å². The number of carboxylic acid groups (broad SMARTS) is 1. The van der Waals surface area contributed by atoms with Gasteiger partial charge in [-0.1, -0.05) is 28.1 Å². The summed E-state index contributed by atoms with van der Waals surface area (Å²) in [4.78, 5) is 10.7. The fourth-order valence-corrected chi connectivity index (χ4v) is 4.02. The number of benzene rings is 2. The van der Waals surface area contributed by atoms with Crippen molar-refractivity contribution in [2.75, 3.05) is 5.75 Å². The van der Waals surface area contributed by atoms with Gasteiger partial charge in [-0.3, -0.25) is 4.79 Å². The highest BCUT2D eigenvalue weighted by atomic mass is 79.9. The zero-order valence-electron chi connectivity index (χ0n) is 13.6. The summed E-state index contributed by atoms with van der Waals surface area (Å²) in [5.74, 6) is 0.636. The van der Waals surface area contributed by atoms with Crippen LogP contribution in [0.4, 0.5) is 0 Å². The summed E-state index contributed by atoms with van der Waals surface area (Å²) in [5, 5.41) is 10.00. The predicted molar refractivity (Wildman–Crippen MR) is 107 cm³/mol. The minimum absolute atomic E-state index is 0.483. The Kier molecular flexibility index (Phi) is 5.83. The summed E-state index contributed by atoms with van der Waals surface area (Å²) in [6.07, 6.45) is 2.56. The first kappa shape index (κ1) is 18.0. The largest absolute Gasteiger partial charge is 0.480 e. The summed E-state index contributed by atoms with van der Waals surface area (Å²) in [6.45, 7) is 0. The number of carbonyl (C=O) groups is 1.